The topological polar surface area (TPSA) is 72.3 Å². The molecule has 4 rings (SSSR count). The van der Waals surface area contributed by atoms with Crippen LogP contribution in [0.1, 0.15) is 23.5 Å². The van der Waals surface area contributed by atoms with Gasteiger partial charge < -0.3 is 0 Å². The molecule has 0 bridgehead atoms. The van der Waals surface area contributed by atoms with Crippen LogP contribution in [0.2, 0.25) is 0 Å². The van der Waals surface area contributed by atoms with Gasteiger partial charge in [-0.2, -0.15) is 14.8 Å². The minimum Gasteiger partial charge on any atom is -0.256 e. The lowest BCUT2D eigenvalue weighted by molar-refractivity contribution is 0.141. The van der Waals surface area contributed by atoms with Crippen molar-refractivity contribution in [3.8, 4) is 5.95 Å². The van der Waals surface area contributed by atoms with Crippen molar-refractivity contribution >= 4 is 11.0 Å². The van der Waals surface area contributed by atoms with E-state index in [9.17, 15) is 13.2 Å². The highest BCUT2D eigenvalue weighted by Gasteiger charge is 2.19. The highest BCUT2D eigenvalue weighted by molar-refractivity contribution is 5.79. The molecule has 6 nitrogen and oxygen atoms in total. The molecule has 0 atom stereocenters. The summed E-state index contributed by atoms with van der Waals surface area (Å²) >= 11 is 0. The summed E-state index contributed by atoms with van der Waals surface area (Å²) in [6.07, 6.45) is -0.816. The Morgan fingerprint density at radius 3 is 2.80 bits per heavy atom. The number of nitrogens with zero attached hydrogens (tertiary/aromatic N) is 5. The molecule has 1 aromatic carbocycles. The Labute approximate surface area is 139 Å². The van der Waals surface area contributed by atoms with Crippen LogP contribution in [0.15, 0.2) is 42.6 Å². The van der Waals surface area contributed by atoms with E-state index in [2.05, 4.69) is 25.3 Å². The molecule has 0 aliphatic carbocycles. The summed E-state index contributed by atoms with van der Waals surface area (Å²) in [6.45, 7) is 0. The fourth-order valence-electron chi connectivity index (χ4n) is 2.58. The molecule has 25 heavy (non-hydrogen) atoms. The van der Waals surface area contributed by atoms with Gasteiger partial charge in [0.25, 0.3) is 12.4 Å². The van der Waals surface area contributed by atoms with Gasteiger partial charge >= 0.3 is 0 Å². The molecule has 3 heterocycles. The van der Waals surface area contributed by atoms with Crippen molar-refractivity contribution in [2.75, 3.05) is 0 Å². The number of benzene rings is 1. The minimum atomic E-state index is -2.76. The number of rotatable bonds is 4. The molecule has 0 spiro atoms. The predicted octanol–water partition coefficient (Wildman–Crippen LogP) is 3.21. The number of fused-ring (bicyclic) bond motifs is 1. The monoisotopic (exact) mass is 344 g/mol. The van der Waals surface area contributed by atoms with Gasteiger partial charge in [0.05, 0.1) is 11.2 Å². The minimum absolute atomic E-state index is 0.00112. The van der Waals surface area contributed by atoms with Crippen LogP contribution in [0.4, 0.5) is 13.2 Å². The number of aromatic nitrogens is 6. The third-order valence-electron chi connectivity index (χ3n) is 3.66. The van der Waals surface area contributed by atoms with Crippen molar-refractivity contribution < 1.29 is 13.2 Å². The molecule has 0 aliphatic rings. The maximum atomic E-state index is 13.4. The average molecular weight is 344 g/mol. The average Bonchev–Trinajstić information content (AvgIpc) is 3.21. The second kappa shape index (κ2) is 6.00. The zero-order chi connectivity index (χ0) is 17.4. The van der Waals surface area contributed by atoms with Gasteiger partial charge in [0.1, 0.15) is 11.3 Å². The fourth-order valence-corrected chi connectivity index (χ4v) is 2.58. The number of hydrogen-bond donors (Lipinski definition) is 1. The second-order valence-corrected chi connectivity index (χ2v) is 5.36. The molecule has 0 saturated heterocycles. The Balaban J connectivity index is 1.80. The number of H-pyrrole nitrogens is 1. The van der Waals surface area contributed by atoms with Crippen molar-refractivity contribution in [3.05, 3.63) is 65.5 Å². The molecule has 9 heteroatoms. The smallest absolute Gasteiger partial charge is 0.256 e. The standard InChI is InChI=1S/C16H11F3N6/c17-10-4-1-3-9(7-10)8-11-13-12(5-2-6-20-13)25(24-11)16-21-15(14(18)19)22-23-16/h1-7,14H,8H2,(H,21,22,23). The van der Waals surface area contributed by atoms with Gasteiger partial charge in [0.15, 0.2) is 5.82 Å². The number of halogens is 3. The predicted molar refractivity (Wildman–Crippen MR) is 83.0 cm³/mol. The molecular formula is C16H11F3N6. The van der Waals surface area contributed by atoms with E-state index >= 15 is 0 Å². The number of pyridine rings is 1. The first kappa shape index (κ1) is 15.3. The van der Waals surface area contributed by atoms with Crippen LogP contribution < -0.4 is 0 Å². The molecule has 0 amide bonds. The van der Waals surface area contributed by atoms with Gasteiger partial charge in [-0.1, -0.05) is 12.1 Å². The normalized spacial score (nSPS) is 11.5. The Kier molecular flexibility index (Phi) is 3.68. The highest BCUT2D eigenvalue weighted by Crippen LogP contribution is 2.22. The zero-order valence-corrected chi connectivity index (χ0v) is 12.7. The quantitative estimate of drug-likeness (QED) is 0.617. The highest BCUT2D eigenvalue weighted by atomic mass is 19.3. The van der Waals surface area contributed by atoms with Crippen molar-refractivity contribution in [2.24, 2.45) is 0 Å². The van der Waals surface area contributed by atoms with E-state index in [0.717, 1.165) is 5.56 Å². The first-order chi connectivity index (χ1) is 12.1. The number of alkyl halides is 2. The van der Waals surface area contributed by atoms with E-state index in [1.165, 1.54) is 16.8 Å². The Hall–Kier alpha value is -3.23. The van der Waals surface area contributed by atoms with Crippen molar-refractivity contribution in [1.29, 1.82) is 0 Å². The number of hydrogen-bond acceptors (Lipinski definition) is 4. The van der Waals surface area contributed by atoms with Crippen LogP contribution in [-0.2, 0) is 6.42 Å². The largest absolute Gasteiger partial charge is 0.296 e. The van der Waals surface area contributed by atoms with Crippen LogP contribution in [0, 0.1) is 5.82 Å². The van der Waals surface area contributed by atoms with Gasteiger partial charge in [0, 0.05) is 12.6 Å². The van der Waals surface area contributed by atoms with Crippen LogP contribution in [0.5, 0.6) is 0 Å². The first-order valence-corrected chi connectivity index (χ1v) is 7.39. The molecule has 0 saturated carbocycles. The molecule has 0 unspecified atom stereocenters. The maximum absolute atomic E-state index is 13.4. The Bertz CT molecular complexity index is 1040. The summed E-state index contributed by atoms with van der Waals surface area (Å²) < 4.78 is 40.2. The fraction of sp³-hybridized carbons (Fsp3) is 0.125. The molecule has 3 aromatic heterocycles. The molecule has 126 valence electrons. The maximum Gasteiger partial charge on any atom is 0.296 e. The third kappa shape index (κ3) is 2.84. The van der Waals surface area contributed by atoms with E-state index in [1.807, 2.05) is 0 Å². The van der Waals surface area contributed by atoms with Gasteiger partial charge in [-0.25, -0.2) is 13.2 Å². The summed E-state index contributed by atoms with van der Waals surface area (Å²) in [5.74, 6) is -0.877. The molecule has 0 radical (unpaired) electrons. The summed E-state index contributed by atoms with van der Waals surface area (Å²) in [6, 6.07) is 9.60. The first-order valence-electron chi connectivity index (χ1n) is 7.39. The molecule has 0 aliphatic heterocycles. The van der Waals surface area contributed by atoms with Crippen LogP contribution in [0.3, 0.4) is 0 Å². The summed E-state index contributed by atoms with van der Waals surface area (Å²) in [5.41, 5.74) is 2.45. The molecule has 4 aromatic rings. The lowest BCUT2D eigenvalue weighted by Gasteiger charge is -1.98. The second-order valence-electron chi connectivity index (χ2n) is 5.36. The number of aromatic amines is 1. The SMILES string of the molecule is Fc1cccc(Cc2nn(-c3n[nH]c(C(F)F)n3)c3cccnc23)c1. The van der Waals surface area contributed by atoms with Gasteiger partial charge in [-0.05, 0) is 29.8 Å². The van der Waals surface area contributed by atoms with Crippen molar-refractivity contribution in [1.82, 2.24) is 29.9 Å². The van der Waals surface area contributed by atoms with E-state index < -0.39 is 12.2 Å². The summed E-state index contributed by atoms with van der Waals surface area (Å²) in [4.78, 5) is 8.06. The van der Waals surface area contributed by atoms with Crippen LogP contribution in [-0.4, -0.2) is 29.9 Å². The Morgan fingerprint density at radius 1 is 1.16 bits per heavy atom. The van der Waals surface area contributed by atoms with E-state index in [0.29, 0.717) is 23.1 Å². The number of nitrogens with one attached hydrogen (secondary N) is 1. The van der Waals surface area contributed by atoms with Gasteiger partial charge in [0.2, 0.25) is 0 Å². The zero-order valence-electron chi connectivity index (χ0n) is 12.7. The van der Waals surface area contributed by atoms with Crippen LogP contribution in [0.25, 0.3) is 17.0 Å². The molecule has 1 N–H and O–H groups in total. The van der Waals surface area contributed by atoms with Gasteiger partial charge in [-0.15, -0.1) is 5.10 Å². The lowest BCUT2D eigenvalue weighted by Crippen LogP contribution is -2.00. The van der Waals surface area contributed by atoms with Gasteiger partial charge in [-0.3, -0.25) is 10.1 Å². The van der Waals surface area contributed by atoms with Crippen molar-refractivity contribution in [3.63, 3.8) is 0 Å². The summed E-state index contributed by atoms with van der Waals surface area (Å²) in [5, 5.41) is 10.4. The molecule has 0 fully saturated rings. The van der Waals surface area contributed by atoms with E-state index in [4.69, 9.17) is 0 Å². The lowest BCUT2D eigenvalue weighted by atomic mass is 10.1. The van der Waals surface area contributed by atoms with E-state index in [1.54, 1.807) is 30.5 Å². The summed E-state index contributed by atoms with van der Waals surface area (Å²) in [7, 11) is 0. The Morgan fingerprint density at radius 2 is 2.04 bits per heavy atom. The molecular weight excluding hydrogens is 333 g/mol. The van der Waals surface area contributed by atoms with E-state index in [-0.39, 0.29) is 11.8 Å². The van der Waals surface area contributed by atoms with Crippen LogP contribution >= 0.6 is 0 Å². The third-order valence-corrected chi connectivity index (χ3v) is 3.66. The van der Waals surface area contributed by atoms with Crippen molar-refractivity contribution in [2.45, 2.75) is 12.8 Å².